The largest absolute Gasteiger partial charge is 0.353 e. The van der Waals surface area contributed by atoms with Gasteiger partial charge in [-0.1, -0.05) is 30.3 Å². The van der Waals surface area contributed by atoms with Gasteiger partial charge in [-0.15, -0.1) is 11.3 Å². The molecule has 1 aliphatic heterocycles. The third-order valence-electron chi connectivity index (χ3n) is 5.25. The number of likely N-dealkylation sites (tertiary alicyclic amines) is 1. The molecule has 3 aromatic rings. The SMILES string of the molecule is Cc1ccnc(Nc2nc(CC(=O)NC3CCN(Cc4ccccc4)CC3)cs2)c1. The third-order valence-corrected chi connectivity index (χ3v) is 6.05. The van der Waals surface area contributed by atoms with E-state index in [1.54, 1.807) is 6.20 Å². The van der Waals surface area contributed by atoms with Crippen molar-refractivity contribution in [3.05, 3.63) is 70.9 Å². The summed E-state index contributed by atoms with van der Waals surface area (Å²) in [6.45, 7) is 5.02. The lowest BCUT2D eigenvalue weighted by Crippen LogP contribution is -2.44. The molecule has 2 N–H and O–H groups in total. The van der Waals surface area contributed by atoms with Crippen LogP contribution in [0.3, 0.4) is 0 Å². The second kappa shape index (κ2) is 9.82. The van der Waals surface area contributed by atoms with Crippen LogP contribution in [0, 0.1) is 6.92 Å². The van der Waals surface area contributed by atoms with Crippen molar-refractivity contribution in [3.63, 3.8) is 0 Å². The lowest BCUT2D eigenvalue weighted by molar-refractivity contribution is -0.121. The molecule has 4 rings (SSSR count). The summed E-state index contributed by atoms with van der Waals surface area (Å²) < 4.78 is 0. The number of aryl methyl sites for hydroxylation is 1. The van der Waals surface area contributed by atoms with Crippen LogP contribution in [-0.4, -0.2) is 39.9 Å². The fourth-order valence-corrected chi connectivity index (χ4v) is 4.40. The maximum atomic E-state index is 12.5. The Morgan fingerprint density at radius 1 is 1.20 bits per heavy atom. The summed E-state index contributed by atoms with van der Waals surface area (Å²) in [5, 5.41) is 9.07. The molecular formula is C23H27N5OS. The monoisotopic (exact) mass is 421 g/mol. The normalized spacial score (nSPS) is 15.1. The van der Waals surface area contributed by atoms with Gasteiger partial charge >= 0.3 is 0 Å². The number of anilines is 2. The van der Waals surface area contributed by atoms with Crippen molar-refractivity contribution < 1.29 is 4.79 Å². The van der Waals surface area contributed by atoms with Gasteiger partial charge in [0.15, 0.2) is 5.13 Å². The minimum Gasteiger partial charge on any atom is -0.353 e. The molecule has 1 aliphatic rings. The van der Waals surface area contributed by atoms with Crippen LogP contribution in [0.4, 0.5) is 10.9 Å². The van der Waals surface area contributed by atoms with Gasteiger partial charge in [-0.3, -0.25) is 9.69 Å². The highest BCUT2D eigenvalue weighted by Gasteiger charge is 2.21. The topological polar surface area (TPSA) is 70.1 Å². The Balaban J connectivity index is 1.21. The van der Waals surface area contributed by atoms with Gasteiger partial charge in [0.05, 0.1) is 12.1 Å². The van der Waals surface area contributed by atoms with Crippen molar-refractivity contribution in [2.24, 2.45) is 0 Å². The van der Waals surface area contributed by atoms with Gasteiger partial charge in [-0.2, -0.15) is 0 Å². The number of hydrogen-bond donors (Lipinski definition) is 2. The van der Waals surface area contributed by atoms with Crippen LogP contribution in [-0.2, 0) is 17.8 Å². The smallest absolute Gasteiger partial charge is 0.226 e. The zero-order valence-corrected chi connectivity index (χ0v) is 18.0. The van der Waals surface area contributed by atoms with Crippen molar-refractivity contribution in [1.29, 1.82) is 0 Å². The minimum absolute atomic E-state index is 0.0436. The van der Waals surface area contributed by atoms with E-state index < -0.39 is 0 Å². The first-order chi connectivity index (χ1) is 14.6. The number of benzene rings is 1. The number of piperidine rings is 1. The molecule has 1 saturated heterocycles. The maximum absolute atomic E-state index is 12.5. The molecule has 1 fully saturated rings. The molecule has 6 nitrogen and oxygen atoms in total. The predicted molar refractivity (Wildman–Crippen MR) is 121 cm³/mol. The van der Waals surface area contributed by atoms with E-state index in [0.717, 1.165) is 54.7 Å². The van der Waals surface area contributed by atoms with E-state index in [4.69, 9.17) is 0 Å². The average molecular weight is 422 g/mol. The average Bonchev–Trinajstić information content (AvgIpc) is 3.17. The van der Waals surface area contributed by atoms with E-state index in [1.165, 1.54) is 16.9 Å². The number of rotatable bonds is 7. The third kappa shape index (κ3) is 5.87. The van der Waals surface area contributed by atoms with E-state index in [2.05, 4.69) is 49.8 Å². The van der Waals surface area contributed by atoms with Crippen LogP contribution in [0.2, 0.25) is 0 Å². The first-order valence-corrected chi connectivity index (χ1v) is 11.2. The van der Waals surface area contributed by atoms with Crippen LogP contribution in [0.5, 0.6) is 0 Å². The molecule has 2 aromatic heterocycles. The highest BCUT2D eigenvalue weighted by Crippen LogP contribution is 2.20. The molecule has 1 amide bonds. The van der Waals surface area contributed by atoms with Crippen molar-refractivity contribution in [2.75, 3.05) is 18.4 Å². The fraction of sp³-hybridized carbons (Fsp3) is 0.348. The van der Waals surface area contributed by atoms with Crippen molar-refractivity contribution in [2.45, 2.75) is 38.8 Å². The number of carbonyl (C=O) groups excluding carboxylic acids is 1. The minimum atomic E-state index is 0.0436. The standard InChI is InChI=1S/C23H27N5OS/c1-17-7-10-24-21(13-17)27-23-26-20(16-30-23)14-22(29)25-19-8-11-28(12-9-19)15-18-5-3-2-4-6-18/h2-7,10,13,16,19H,8-9,11-12,14-15H2,1H3,(H,25,29)(H,24,26,27). The van der Waals surface area contributed by atoms with Crippen LogP contribution in [0.25, 0.3) is 0 Å². The van der Waals surface area contributed by atoms with Gasteiger partial charge in [-0.25, -0.2) is 9.97 Å². The molecule has 3 heterocycles. The van der Waals surface area contributed by atoms with Crippen molar-refractivity contribution >= 4 is 28.2 Å². The van der Waals surface area contributed by atoms with Crippen molar-refractivity contribution in [3.8, 4) is 0 Å². The molecule has 30 heavy (non-hydrogen) atoms. The van der Waals surface area contributed by atoms with E-state index in [-0.39, 0.29) is 11.9 Å². The van der Waals surface area contributed by atoms with Gasteiger partial charge in [0.2, 0.25) is 5.91 Å². The van der Waals surface area contributed by atoms with Crippen LogP contribution < -0.4 is 10.6 Å². The highest BCUT2D eigenvalue weighted by molar-refractivity contribution is 7.13. The Kier molecular flexibility index (Phi) is 6.71. The zero-order chi connectivity index (χ0) is 20.8. The number of hydrogen-bond acceptors (Lipinski definition) is 6. The first-order valence-electron chi connectivity index (χ1n) is 10.3. The molecule has 0 aliphatic carbocycles. The lowest BCUT2D eigenvalue weighted by atomic mass is 10.0. The number of amides is 1. The van der Waals surface area contributed by atoms with Crippen LogP contribution in [0.1, 0.15) is 29.7 Å². The van der Waals surface area contributed by atoms with E-state index >= 15 is 0 Å². The molecule has 0 saturated carbocycles. The van der Waals surface area contributed by atoms with Crippen molar-refractivity contribution in [1.82, 2.24) is 20.2 Å². The molecule has 0 radical (unpaired) electrons. The number of nitrogens with zero attached hydrogens (tertiary/aromatic N) is 3. The van der Waals surface area contributed by atoms with Gasteiger partial charge in [0.25, 0.3) is 0 Å². The number of aromatic nitrogens is 2. The molecule has 7 heteroatoms. The Hall–Kier alpha value is -2.77. The fourth-order valence-electron chi connectivity index (χ4n) is 3.68. The lowest BCUT2D eigenvalue weighted by Gasteiger charge is -2.32. The molecular weight excluding hydrogens is 394 g/mol. The number of nitrogens with one attached hydrogen (secondary N) is 2. The van der Waals surface area contributed by atoms with Gasteiger partial charge < -0.3 is 10.6 Å². The summed E-state index contributed by atoms with van der Waals surface area (Å²) >= 11 is 1.49. The van der Waals surface area contributed by atoms with Gasteiger partial charge in [0.1, 0.15) is 5.82 Å². The summed E-state index contributed by atoms with van der Waals surface area (Å²) in [4.78, 5) is 23.7. The molecule has 0 bridgehead atoms. The van der Waals surface area contributed by atoms with E-state index in [0.29, 0.717) is 6.42 Å². The summed E-state index contributed by atoms with van der Waals surface area (Å²) in [7, 11) is 0. The van der Waals surface area contributed by atoms with Crippen LogP contribution in [0.15, 0.2) is 54.0 Å². The Morgan fingerprint density at radius 3 is 2.77 bits per heavy atom. The number of pyridine rings is 1. The number of thiazole rings is 1. The summed E-state index contributed by atoms with van der Waals surface area (Å²) in [5.74, 6) is 0.810. The summed E-state index contributed by atoms with van der Waals surface area (Å²) in [5.41, 5.74) is 3.27. The molecule has 156 valence electrons. The maximum Gasteiger partial charge on any atom is 0.226 e. The first kappa shape index (κ1) is 20.5. The molecule has 1 aromatic carbocycles. The Labute approximate surface area is 181 Å². The Morgan fingerprint density at radius 2 is 2.00 bits per heavy atom. The van der Waals surface area contributed by atoms with Crippen LogP contribution >= 0.6 is 11.3 Å². The second-order valence-electron chi connectivity index (χ2n) is 7.77. The Bertz CT molecular complexity index is 966. The highest BCUT2D eigenvalue weighted by atomic mass is 32.1. The predicted octanol–water partition coefficient (Wildman–Crippen LogP) is 3.91. The summed E-state index contributed by atoms with van der Waals surface area (Å²) in [6.07, 6.45) is 4.05. The van der Waals surface area contributed by atoms with E-state index in [1.807, 2.05) is 30.5 Å². The second-order valence-corrected chi connectivity index (χ2v) is 8.63. The molecule has 0 atom stereocenters. The quantitative estimate of drug-likeness (QED) is 0.605. The summed E-state index contributed by atoms with van der Waals surface area (Å²) in [6, 6.07) is 14.7. The van der Waals surface area contributed by atoms with Gasteiger partial charge in [0, 0.05) is 37.3 Å². The van der Waals surface area contributed by atoms with E-state index in [9.17, 15) is 4.79 Å². The van der Waals surface area contributed by atoms with Gasteiger partial charge in [-0.05, 0) is 43.0 Å². The molecule has 0 unspecified atom stereocenters. The molecule has 0 spiro atoms. The zero-order valence-electron chi connectivity index (χ0n) is 17.2. The number of carbonyl (C=O) groups is 1.